The van der Waals surface area contributed by atoms with Crippen molar-refractivity contribution in [2.75, 3.05) is 0 Å². The van der Waals surface area contributed by atoms with E-state index >= 15 is 0 Å². The number of carbonyl (C=O) groups excluding carboxylic acids is 1. The lowest BCUT2D eigenvalue weighted by atomic mass is 9.95. The Morgan fingerprint density at radius 1 is 1.27 bits per heavy atom. The first-order chi connectivity index (χ1) is 10.7. The molecule has 4 heteroatoms. The number of nitrogens with zero attached hydrogens (tertiary/aromatic N) is 1. The van der Waals surface area contributed by atoms with Gasteiger partial charge in [0, 0.05) is 22.5 Å². The maximum atomic E-state index is 12.1. The van der Waals surface area contributed by atoms with Gasteiger partial charge in [-0.05, 0) is 43.0 Å². The standard InChI is InChI=1S/C18H19NO2S/c1-2-13-8-14(12-19-11-13)18(20)21-15-9-17(10-15)22-16-6-4-3-5-7-16/h3-8,11-12,15,17H,2,9-10H2,1H3. The van der Waals surface area contributed by atoms with Crippen molar-refractivity contribution in [3.63, 3.8) is 0 Å². The van der Waals surface area contributed by atoms with Crippen molar-refractivity contribution in [3.05, 3.63) is 59.9 Å². The lowest BCUT2D eigenvalue weighted by molar-refractivity contribution is 0.0109. The van der Waals surface area contributed by atoms with Gasteiger partial charge in [-0.2, -0.15) is 0 Å². The molecule has 22 heavy (non-hydrogen) atoms. The minimum absolute atomic E-state index is 0.0407. The van der Waals surface area contributed by atoms with Gasteiger partial charge in [0.05, 0.1) is 5.56 Å². The number of esters is 1. The molecule has 1 aliphatic rings. The Morgan fingerprint density at radius 2 is 2.05 bits per heavy atom. The smallest absolute Gasteiger partial charge is 0.339 e. The lowest BCUT2D eigenvalue weighted by Gasteiger charge is -2.34. The molecule has 0 spiro atoms. The summed E-state index contributed by atoms with van der Waals surface area (Å²) >= 11 is 1.86. The summed E-state index contributed by atoms with van der Waals surface area (Å²) in [6.45, 7) is 2.05. The fourth-order valence-corrected chi connectivity index (χ4v) is 3.73. The molecular formula is C18H19NO2S. The Bertz CT molecular complexity index is 639. The molecule has 0 N–H and O–H groups in total. The third-order valence-electron chi connectivity index (χ3n) is 3.81. The summed E-state index contributed by atoms with van der Waals surface area (Å²) in [6.07, 6.45) is 6.12. The topological polar surface area (TPSA) is 39.2 Å². The van der Waals surface area contributed by atoms with Crippen LogP contribution in [-0.2, 0) is 11.2 Å². The fourth-order valence-electron chi connectivity index (χ4n) is 2.41. The summed E-state index contributed by atoms with van der Waals surface area (Å²) in [6, 6.07) is 12.2. The molecule has 0 saturated heterocycles. The number of carbonyl (C=O) groups is 1. The molecule has 0 atom stereocenters. The molecule has 114 valence electrons. The van der Waals surface area contributed by atoms with Gasteiger partial charge in [0.1, 0.15) is 6.10 Å². The minimum Gasteiger partial charge on any atom is -0.459 e. The summed E-state index contributed by atoms with van der Waals surface area (Å²) in [5, 5.41) is 0.542. The van der Waals surface area contributed by atoms with Gasteiger partial charge < -0.3 is 4.74 Å². The van der Waals surface area contributed by atoms with E-state index in [-0.39, 0.29) is 12.1 Å². The van der Waals surface area contributed by atoms with Crippen LogP contribution in [0.4, 0.5) is 0 Å². The van der Waals surface area contributed by atoms with Crippen LogP contribution < -0.4 is 0 Å². The molecule has 1 aromatic heterocycles. The highest BCUT2D eigenvalue weighted by Gasteiger charge is 2.33. The first kappa shape index (κ1) is 15.1. The zero-order valence-corrected chi connectivity index (χ0v) is 13.4. The molecule has 0 amide bonds. The summed E-state index contributed by atoms with van der Waals surface area (Å²) in [5.74, 6) is -0.254. The highest BCUT2D eigenvalue weighted by molar-refractivity contribution is 8.00. The predicted molar refractivity (Wildman–Crippen MR) is 88.1 cm³/mol. The van der Waals surface area contributed by atoms with E-state index in [0.717, 1.165) is 24.8 Å². The van der Waals surface area contributed by atoms with E-state index in [0.29, 0.717) is 10.8 Å². The Labute approximate surface area is 135 Å². The molecule has 3 nitrogen and oxygen atoms in total. The van der Waals surface area contributed by atoms with Crippen LogP contribution in [-0.4, -0.2) is 22.3 Å². The normalized spacial score (nSPS) is 20.2. The van der Waals surface area contributed by atoms with Crippen molar-refractivity contribution >= 4 is 17.7 Å². The zero-order valence-electron chi connectivity index (χ0n) is 12.6. The van der Waals surface area contributed by atoms with Crippen molar-refractivity contribution in [1.29, 1.82) is 0 Å². The number of hydrogen-bond acceptors (Lipinski definition) is 4. The third kappa shape index (κ3) is 3.69. The molecule has 1 saturated carbocycles. The Morgan fingerprint density at radius 3 is 2.77 bits per heavy atom. The molecule has 1 aromatic carbocycles. The van der Waals surface area contributed by atoms with Crippen LogP contribution in [0.2, 0.25) is 0 Å². The second kappa shape index (κ2) is 6.97. The Hall–Kier alpha value is -1.81. The van der Waals surface area contributed by atoms with Crippen LogP contribution in [0.15, 0.2) is 53.7 Å². The number of benzene rings is 1. The molecule has 3 rings (SSSR count). The summed E-state index contributed by atoms with van der Waals surface area (Å²) in [4.78, 5) is 17.5. The van der Waals surface area contributed by atoms with Crippen molar-refractivity contribution in [1.82, 2.24) is 4.98 Å². The monoisotopic (exact) mass is 313 g/mol. The molecule has 1 fully saturated rings. The van der Waals surface area contributed by atoms with Crippen LogP contribution in [0.3, 0.4) is 0 Å². The van der Waals surface area contributed by atoms with Crippen LogP contribution in [0.1, 0.15) is 35.7 Å². The number of thioether (sulfide) groups is 1. The van der Waals surface area contributed by atoms with Crippen LogP contribution in [0.5, 0.6) is 0 Å². The number of rotatable bonds is 5. The second-order valence-corrected chi connectivity index (χ2v) is 6.86. The molecular weight excluding hydrogens is 294 g/mol. The van der Waals surface area contributed by atoms with Crippen LogP contribution in [0.25, 0.3) is 0 Å². The fraction of sp³-hybridized carbons (Fsp3) is 0.333. The number of pyridine rings is 1. The van der Waals surface area contributed by atoms with Gasteiger partial charge in [-0.1, -0.05) is 25.1 Å². The van der Waals surface area contributed by atoms with E-state index in [4.69, 9.17) is 4.74 Å². The van der Waals surface area contributed by atoms with Crippen LogP contribution in [0, 0.1) is 0 Å². The molecule has 0 unspecified atom stereocenters. The second-order valence-electron chi connectivity index (χ2n) is 5.49. The minimum atomic E-state index is -0.254. The zero-order chi connectivity index (χ0) is 15.4. The van der Waals surface area contributed by atoms with Gasteiger partial charge in [0.25, 0.3) is 0 Å². The van der Waals surface area contributed by atoms with Gasteiger partial charge in [0.2, 0.25) is 0 Å². The maximum Gasteiger partial charge on any atom is 0.339 e. The van der Waals surface area contributed by atoms with Crippen molar-refractivity contribution in [2.45, 2.75) is 42.4 Å². The molecule has 0 bridgehead atoms. The highest BCUT2D eigenvalue weighted by Crippen LogP contribution is 2.38. The van der Waals surface area contributed by atoms with Crippen molar-refractivity contribution < 1.29 is 9.53 Å². The number of ether oxygens (including phenoxy) is 1. The Balaban J connectivity index is 1.48. The third-order valence-corrected chi connectivity index (χ3v) is 5.07. The van der Waals surface area contributed by atoms with E-state index in [9.17, 15) is 4.79 Å². The van der Waals surface area contributed by atoms with E-state index in [1.165, 1.54) is 4.90 Å². The molecule has 0 radical (unpaired) electrons. The van der Waals surface area contributed by atoms with Crippen LogP contribution >= 0.6 is 11.8 Å². The summed E-state index contributed by atoms with van der Waals surface area (Å²) in [7, 11) is 0. The SMILES string of the molecule is CCc1cncc(C(=O)OC2CC(Sc3ccccc3)C2)c1. The first-order valence-electron chi connectivity index (χ1n) is 7.61. The number of aryl methyl sites for hydroxylation is 1. The van der Waals surface area contributed by atoms with E-state index < -0.39 is 0 Å². The number of aromatic nitrogens is 1. The van der Waals surface area contributed by atoms with E-state index in [1.54, 1.807) is 12.4 Å². The molecule has 0 aliphatic heterocycles. The van der Waals surface area contributed by atoms with E-state index in [2.05, 4.69) is 17.1 Å². The number of hydrogen-bond donors (Lipinski definition) is 0. The largest absolute Gasteiger partial charge is 0.459 e. The lowest BCUT2D eigenvalue weighted by Crippen LogP contribution is -2.35. The first-order valence-corrected chi connectivity index (χ1v) is 8.49. The Kier molecular flexibility index (Phi) is 4.78. The predicted octanol–water partition coefficient (Wildman–Crippen LogP) is 4.12. The van der Waals surface area contributed by atoms with Gasteiger partial charge in [0.15, 0.2) is 0 Å². The molecule has 2 aromatic rings. The highest BCUT2D eigenvalue weighted by atomic mass is 32.2. The molecule has 1 aliphatic carbocycles. The maximum absolute atomic E-state index is 12.1. The summed E-state index contributed by atoms with van der Waals surface area (Å²) < 4.78 is 5.55. The molecule has 1 heterocycles. The van der Waals surface area contributed by atoms with Gasteiger partial charge in [-0.25, -0.2) is 4.79 Å². The van der Waals surface area contributed by atoms with Gasteiger partial charge >= 0.3 is 5.97 Å². The van der Waals surface area contributed by atoms with E-state index in [1.807, 2.05) is 43.0 Å². The summed E-state index contributed by atoms with van der Waals surface area (Å²) in [5.41, 5.74) is 1.61. The average molecular weight is 313 g/mol. The van der Waals surface area contributed by atoms with Crippen molar-refractivity contribution in [3.8, 4) is 0 Å². The quantitative estimate of drug-likeness (QED) is 0.778. The van der Waals surface area contributed by atoms with Gasteiger partial charge in [-0.3, -0.25) is 4.98 Å². The van der Waals surface area contributed by atoms with Gasteiger partial charge in [-0.15, -0.1) is 11.8 Å². The average Bonchev–Trinajstić information content (AvgIpc) is 2.53. The van der Waals surface area contributed by atoms with Crippen molar-refractivity contribution in [2.24, 2.45) is 0 Å².